The number of carbonyl (C=O) groups excluding carboxylic acids is 10. The van der Waals surface area contributed by atoms with E-state index in [0.29, 0.717) is 0 Å². The molecular weight excluding hydrogens is 872 g/mol. The van der Waals surface area contributed by atoms with Crippen LogP contribution >= 0.6 is 0 Å². The standard InChI is InChI=1S/C38H52O26/c1-18(46)23(51)26-37(60,38(61,20(3)48)35(58,19(2)47)29(52)64-26)28-32(55,8-15-43)34(57,10-17-45)36(59,25(63-28)22(50)5-12-40)27-31(54,7-14-42)33(56,9-16-44)30(53,6-13-41)24(62-27)21(49)4-11-39/h11-17,21-29,49-61H,4-10H2,1-3H3/t21?,22?,23?,24-,25-,26-,27?,28?,29?,30-,31+,32+,33+,34-,35+,36+,37+,38-/m1/s1/i1D,2D,3D,11D,12D,13D,14D,15D,16D,17D. The highest BCUT2D eigenvalue weighted by Gasteiger charge is 2.88. The van der Waals surface area contributed by atoms with Crippen LogP contribution < -0.4 is 0 Å². The van der Waals surface area contributed by atoms with Gasteiger partial charge in [-0.2, -0.15) is 0 Å². The highest BCUT2D eigenvalue weighted by molar-refractivity contribution is 5.99. The maximum absolute atomic E-state index is 14.1. The van der Waals surface area contributed by atoms with Gasteiger partial charge >= 0.3 is 0 Å². The van der Waals surface area contributed by atoms with Gasteiger partial charge in [-0.3, -0.25) is 14.4 Å². The van der Waals surface area contributed by atoms with Crippen LogP contribution in [0.25, 0.3) is 0 Å². The fourth-order valence-corrected chi connectivity index (χ4v) is 9.33. The first-order valence-electron chi connectivity index (χ1n) is 23.8. The Hall–Kier alpha value is -3.94. The first kappa shape index (κ1) is 40.3. The first-order chi connectivity index (χ1) is 33.6. The normalized spacial score (nSPS) is 47.0. The van der Waals surface area contributed by atoms with Gasteiger partial charge in [0.1, 0.15) is 118 Å². The van der Waals surface area contributed by atoms with Gasteiger partial charge in [0.05, 0.1) is 12.2 Å². The topological polar surface area (TPSA) is 461 Å². The number of Topliss-reactive ketones (excluding diaryl/α,β-unsaturated/α-hetero) is 3. The van der Waals surface area contributed by atoms with E-state index in [1.165, 1.54) is 0 Å². The molecule has 0 aromatic carbocycles. The van der Waals surface area contributed by atoms with Crippen molar-refractivity contribution in [3.63, 3.8) is 0 Å². The molecule has 0 aliphatic carbocycles. The van der Waals surface area contributed by atoms with Crippen molar-refractivity contribution in [2.24, 2.45) is 0 Å². The predicted molar refractivity (Wildman–Crippen MR) is 198 cm³/mol. The predicted octanol–water partition coefficient (Wildman–Crippen LogP) is -9.21. The van der Waals surface area contributed by atoms with E-state index in [1.807, 2.05) is 0 Å². The van der Waals surface area contributed by atoms with Gasteiger partial charge in [-0.1, -0.05) is 0 Å². The number of aldehydes is 7. The molecule has 360 valence electrons. The van der Waals surface area contributed by atoms with Gasteiger partial charge in [-0.25, -0.2) is 0 Å². The lowest BCUT2D eigenvalue weighted by Gasteiger charge is -2.71. The van der Waals surface area contributed by atoms with Gasteiger partial charge < -0.3 is 114 Å². The van der Waals surface area contributed by atoms with Crippen molar-refractivity contribution < 1.29 is 142 Å². The monoisotopic (exact) mass is 934 g/mol. The summed E-state index contributed by atoms with van der Waals surface area (Å²) in [5.41, 5.74) is -43.9. The first-order valence-corrected chi connectivity index (χ1v) is 18.2. The van der Waals surface area contributed by atoms with Crippen molar-refractivity contribution >= 4 is 61.2 Å². The number of aliphatic hydroxyl groups is 13. The molecule has 3 saturated heterocycles. The molecule has 0 aromatic heterocycles. The summed E-state index contributed by atoms with van der Waals surface area (Å²) < 4.78 is 93.2. The van der Waals surface area contributed by atoms with Crippen LogP contribution in [0.5, 0.6) is 0 Å². The lowest BCUT2D eigenvalue weighted by Crippen LogP contribution is -2.96. The molecule has 18 atom stereocenters. The Bertz CT molecular complexity index is 2300. The second-order valence-corrected chi connectivity index (χ2v) is 15.6. The lowest BCUT2D eigenvalue weighted by molar-refractivity contribution is -0.464. The minimum Gasteiger partial charge on any atom is -0.390 e. The molecule has 26 nitrogen and oxygen atoms in total. The van der Waals surface area contributed by atoms with Crippen LogP contribution in [-0.4, -0.2) is 233 Å². The van der Waals surface area contributed by atoms with Crippen LogP contribution in [0.2, 0.25) is 0 Å². The second kappa shape index (κ2) is 18.7. The summed E-state index contributed by atoms with van der Waals surface area (Å²) in [5, 5.41) is 161. The van der Waals surface area contributed by atoms with Crippen LogP contribution in [0, 0.1) is 0 Å². The Balaban J connectivity index is 3.00. The van der Waals surface area contributed by atoms with Crippen molar-refractivity contribution in [2.45, 2.75) is 171 Å². The molecule has 3 fully saturated rings. The molecular formula is C38H52O26. The van der Waals surface area contributed by atoms with E-state index in [9.17, 15) is 114 Å². The molecule has 0 radical (unpaired) electrons. The molecule has 0 bridgehead atoms. The summed E-state index contributed by atoms with van der Waals surface area (Å²) in [5.74, 6) is -6.96. The lowest BCUT2D eigenvalue weighted by atomic mass is 9.48. The van der Waals surface area contributed by atoms with E-state index in [4.69, 9.17) is 27.9 Å². The molecule has 13 N–H and O–H groups in total. The Morgan fingerprint density at radius 2 is 0.969 bits per heavy atom. The highest BCUT2D eigenvalue weighted by Crippen LogP contribution is 2.62. The van der Waals surface area contributed by atoms with Crippen LogP contribution in [0.1, 0.15) is 79.4 Å². The maximum Gasteiger partial charge on any atom is 0.212 e. The molecule has 0 aromatic rings. The highest BCUT2D eigenvalue weighted by atomic mass is 16.7. The van der Waals surface area contributed by atoms with Gasteiger partial charge in [0.15, 0.2) is 40.4 Å². The van der Waals surface area contributed by atoms with E-state index in [2.05, 4.69) is 0 Å². The number of hydrogen-bond donors (Lipinski definition) is 13. The molecule has 26 heteroatoms. The van der Waals surface area contributed by atoms with Crippen molar-refractivity contribution in [3.8, 4) is 0 Å². The second-order valence-electron chi connectivity index (χ2n) is 15.6. The number of hydrogen-bond acceptors (Lipinski definition) is 26. The maximum atomic E-state index is 14.1. The smallest absolute Gasteiger partial charge is 0.212 e. The van der Waals surface area contributed by atoms with Crippen molar-refractivity contribution in [1.29, 1.82) is 0 Å². The van der Waals surface area contributed by atoms with Gasteiger partial charge in [0.25, 0.3) is 0 Å². The van der Waals surface area contributed by atoms with Crippen LogP contribution in [0.15, 0.2) is 0 Å². The third-order valence-corrected chi connectivity index (χ3v) is 12.6. The minimum atomic E-state index is -5.16. The molecule has 3 aliphatic heterocycles. The molecule has 0 amide bonds. The number of ether oxygens (including phenoxy) is 3. The summed E-state index contributed by atoms with van der Waals surface area (Å²) in [6, 6.07) is 0. The summed E-state index contributed by atoms with van der Waals surface area (Å²) >= 11 is 0. The zero-order valence-corrected chi connectivity index (χ0v) is 32.9. The Morgan fingerprint density at radius 1 is 0.547 bits per heavy atom. The average molecular weight is 935 g/mol. The quantitative estimate of drug-likeness (QED) is 0.0448. The fraction of sp³-hybridized carbons (Fsp3) is 0.737. The zero-order valence-electron chi connectivity index (χ0n) is 42.9. The van der Waals surface area contributed by atoms with Gasteiger partial charge in [0, 0.05) is 49.1 Å². The summed E-state index contributed by atoms with van der Waals surface area (Å²) in [4.78, 5) is 130. The number of rotatable bonds is 22. The summed E-state index contributed by atoms with van der Waals surface area (Å²) in [7, 11) is 0. The molecule has 0 saturated carbocycles. The summed E-state index contributed by atoms with van der Waals surface area (Å²) in [6.07, 6.45) is -64.6. The molecule has 3 rings (SSSR count). The van der Waals surface area contributed by atoms with Crippen LogP contribution in [0.4, 0.5) is 0 Å². The fourth-order valence-electron chi connectivity index (χ4n) is 9.33. The van der Waals surface area contributed by atoms with Gasteiger partial charge in [0.2, 0.25) is 5.60 Å². The Labute approximate surface area is 375 Å². The van der Waals surface area contributed by atoms with Crippen molar-refractivity contribution in [1.82, 2.24) is 0 Å². The summed E-state index contributed by atoms with van der Waals surface area (Å²) in [6.45, 7) is -5.76. The van der Waals surface area contributed by atoms with Crippen molar-refractivity contribution in [3.05, 3.63) is 0 Å². The molecule has 3 aliphatic rings. The molecule has 0 spiro atoms. The van der Waals surface area contributed by atoms with Crippen LogP contribution in [-0.2, 0) is 62.2 Å². The Morgan fingerprint density at radius 3 is 1.42 bits per heavy atom. The zero-order chi connectivity index (χ0) is 57.7. The third kappa shape index (κ3) is 7.02. The van der Waals surface area contributed by atoms with Crippen LogP contribution in [0.3, 0.4) is 0 Å². The van der Waals surface area contributed by atoms with E-state index in [-0.39, 0.29) is 0 Å². The number of carbonyl (C=O) groups is 10. The Kier molecular flexibility index (Phi) is 11.8. The van der Waals surface area contributed by atoms with Gasteiger partial charge in [-0.15, -0.1) is 0 Å². The third-order valence-electron chi connectivity index (χ3n) is 12.6. The van der Waals surface area contributed by atoms with E-state index in [1.54, 1.807) is 0 Å². The average Bonchev–Trinajstić information content (AvgIpc) is 3.25. The van der Waals surface area contributed by atoms with Gasteiger partial charge in [-0.05, 0) is 20.7 Å². The van der Waals surface area contributed by atoms with Crippen molar-refractivity contribution in [2.75, 3.05) is 0 Å². The largest absolute Gasteiger partial charge is 0.390 e. The van der Waals surface area contributed by atoms with E-state index >= 15 is 0 Å². The molecule has 64 heavy (non-hydrogen) atoms. The minimum absolute atomic E-state index is 1.69. The SMILES string of the molecule is [2H]CC(=O)C(O)[C@H]1OC(O)[C@@](O)(C(=O)C[2H])[C@](O)(C(=O)C[2H])[C@@]1(O)C1O[C@H](C(O)CC([2H])=O)[C@](O)(C2O[C@H](C(O)CC([2H])=O)[C@](O)(CC([2H])=O)[C@@](O)(CC([2H])=O)[C@]2(O)CC([2H])=O)[C@@](O)(CC([2H])=O)[C@]1(O)CC([2H])=O. The molecule has 3 heterocycles. The van der Waals surface area contributed by atoms with E-state index in [0.717, 1.165) is 0 Å². The molecule has 6 unspecified atom stereocenters. The number of ketones is 3. The van der Waals surface area contributed by atoms with E-state index < -0.39 is 232 Å². The number of aliphatic hydroxyl groups excluding tert-OH is 4.